The first kappa shape index (κ1) is 15.6. The lowest BCUT2D eigenvalue weighted by Crippen LogP contribution is -2.44. The Balaban J connectivity index is 1.75. The number of likely N-dealkylation sites (tertiary alicyclic amines) is 1. The van der Waals surface area contributed by atoms with Crippen LogP contribution in [-0.4, -0.2) is 39.8 Å². The van der Waals surface area contributed by atoms with E-state index in [9.17, 15) is 9.59 Å². The van der Waals surface area contributed by atoms with E-state index in [1.54, 1.807) is 22.7 Å². The smallest absolute Gasteiger partial charge is 0.255 e. The number of rotatable bonds is 3. The molecule has 0 aliphatic carbocycles. The molecule has 1 aliphatic heterocycles. The largest absolute Gasteiger partial charge is 0.369 e. The fourth-order valence-electron chi connectivity index (χ4n) is 2.78. The van der Waals surface area contributed by atoms with Gasteiger partial charge in [-0.3, -0.25) is 14.6 Å². The predicted molar refractivity (Wildman–Crippen MR) is 87.9 cm³/mol. The molecule has 3 heterocycles. The number of aryl methyl sites for hydroxylation is 1. The first-order valence-corrected chi connectivity index (χ1v) is 8.39. The average Bonchev–Trinajstić information content (AvgIpc) is 3.00. The highest BCUT2D eigenvalue weighted by molar-refractivity contribution is 7.13. The maximum absolute atomic E-state index is 12.6. The summed E-state index contributed by atoms with van der Waals surface area (Å²) in [4.78, 5) is 35.2. The second kappa shape index (κ2) is 6.45. The van der Waals surface area contributed by atoms with Crippen molar-refractivity contribution in [2.75, 3.05) is 13.1 Å². The number of pyridine rings is 1. The number of carbonyl (C=O) groups excluding carboxylic acids is 2. The van der Waals surface area contributed by atoms with Gasteiger partial charge in [0.15, 0.2) is 0 Å². The number of hydrogen-bond donors (Lipinski definition) is 1. The van der Waals surface area contributed by atoms with Gasteiger partial charge in [-0.2, -0.15) is 0 Å². The molecule has 2 aromatic heterocycles. The van der Waals surface area contributed by atoms with Gasteiger partial charge in [-0.1, -0.05) is 0 Å². The molecule has 2 amide bonds. The normalized spacial score (nSPS) is 18.0. The number of aromatic nitrogens is 2. The van der Waals surface area contributed by atoms with E-state index in [0.717, 1.165) is 29.1 Å². The zero-order chi connectivity index (χ0) is 16.4. The van der Waals surface area contributed by atoms with Crippen molar-refractivity contribution in [1.82, 2.24) is 14.9 Å². The van der Waals surface area contributed by atoms with Gasteiger partial charge in [0.25, 0.3) is 5.91 Å². The van der Waals surface area contributed by atoms with Gasteiger partial charge in [-0.15, -0.1) is 11.3 Å². The third-order valence-corrected chi connectivity index (χ3v) is 5.05. The van der Waals surface area contributed by atoms with Crippen LogP contribution in [0.3, 0.4) is 0 Å². The third-order valence-electron chi connectivity index (χ3n) is 4.10. The first-order valence-electron chi connectivity index (χ1n) is 7.51. The van der Waals surface area contributed by atoms with Crippen LogP contribution in [0.5, 0.6) is 0 Å². The monoisotopic (exact) mass is 330 g/mol. The van der Waals surface area contributed by atoms with E-state index < -0.39 is 0 Å². The SMILES string of the molecule is Cc1ncsc1-c1ccc(C(=O)N2CCC[C@@H](C(N)=O)C2)cn1. The van der Waals surface area contributed by atoms with Gasteiger partial charge in [0.2, 0.25) is 5.91 Å². The Bertz CT molecular complexity index is 726. The number of piperidine rings is 1. The van der Waals surface area contributed by atoms with Crippen LogP contribution in [0.4, 0.5) is 0 Å². The maximum Gasteiger partial charge on any atom is 0.255 e. The van der Waals surface area contributed by atoms with Crippen molar-refractivity contribution < 1.29 is 9.59 Å². The highest BCUT2D eigenvalue weighted by Crippen LogP contribution is 2.25. The molecule has 0 radical (unpaired) electrons. The zero-order valence-electron chi connectivity index (χ0n) is 12.9. The van der Waals surface area contributed by atoms with Gasteiger partial charge in [-0.05, 0) is 31.9 Å². The Labute approximate surface area is 138 Å². The van der Waals surface area contributed by atoms with E-state index in [2.05, 4.69) is 9.97 Å². The Kier molecular flexibility index (Phi) is 4.38. The Morgan fingerprint density at radius 2 is 2.17 bits per heavy atom. The van der Waals surface area contributed by atoms with Gasteiger partial charge < -0.3 is 10.6 Å². The molecular formula is C16H18N4O2S. The summed E-state index contributed by atoms with van der Waals surface area (Å²) < 4.78 is 0. The topological polar surface area (TPSA) is 89.2 Å². The van der Waals surface area contributed by atoms with Crippen LogP contribution in [0.1, 0.15) is 28.9 Å². The van der Waals surface area contributed by atoms with E-state index in [-0.39, 0.29) is 17.7 Å². The Morgan fingerprint density at radius 1 is 1.35 bits per heavy atom. The predicted octanol–water partition coefficient (Wildman–Crippen LogP) is 1.85. The molecule has 1 atom stereocenters. The first-order chi connectivity index (χ1) is 11.1. The van der Waals surface area contributed by atoms with Crippen LogP contribution in [0.2, 0.25) is 0 Å². The summed E-state index contributed by atoms with van der Waals surface area (Å²) in [6.07, 6.45) is 3.14. The summed E-state index contributed by atoms with van der Waals surface area (Å²) >= 11 is 1.53. The van der Waals surface area contributed by atoms with E-state index in [0.29, 0.717) is 18.7 Å². The van der Waals surface area contributed by atoms with Crippen molar-refractivity contribution in [3.05, 3.63) is 35.1 Å². The van der Waals surface area contributed by atoms with Gasteiger partial charge in [0.05, 0.1) is 33.3 Å². The number of amides is 2. The molecule has 0 saturated carbocycles. The lowest BCUT2D eigenvalue weighted by atomic mass is 9.97. The number of nitrogens with two attached hydrogens (primary N) is 1. The minimum Gasteiger partial charge on any atom is -0.369 e. The van der Waals surface area contributed by atoms with Crippen LogP contribution >= 0.6 is 11.3 Å². The summed E-state index contributed by atoms with van der Waals surface area (Å²) in [5, 5.41) is 0. The fourth-order valence-corrected chi connectivity index (χ4v) is 3.56. The van der Waals surface area contributed by atoms with Crippen LogP contribution in [0, 0.1) is 12.8 Å². The number of nitrogens with zero attached hydrogens (tertiary/aromatic N) is 3. The lowest BCUT2D eigenvalue weighted by molar-refractivity contribution is -0.123. The molecule has 0 spiro atoms. The van der Waals surface area contributed by atoms with Gasteiger partial charge in [0, 0.05) is 19.3 Å². The minimum atomic E-state index is -0.336. The second-order valence-electron chi connectivity index (χ2n) is 5.69. The van der Waals surface area contributed by atoms with Crippen molar-refractivity contribution in [1.29, 1.82) is 0 Å². The molecule has 0 bridgehead atoms. The molecule has 23 heavy (non-hydrogen) atoms. The van der Waals surface area contributed by atoms with Crippen molar-refractivity contribution in [2.45, 2.75) is 19.8 Å². The van der Waals surface area contributed by atoms with E-state index in [1.807, 2.05) is 13.0 Å². The second-order valence-corrected chi connectivity index (χ2v) is 6.55. The highest BCUT2D eigenvalue weighted by Gasteiger charge is 2.27. The molecule has 1 fully saturated rings. The Morgan fingerprint density at radius 3 is 2.78 bits per heavy atom. The minimum absolute atomic E-state index is 0.101. The molecular weight excluding hydrogens is 312 g/mol. The summed E-state index contributed by atoms with van der Waals surface area (Å²) in [6, 6.07) is 3.61. The third kappa shape index (κ3) is 3.24. The average molecular weight is 330 g/mol. The van der Waals surface area contributed by atoms with E-state index in [1.165, 1.54) is 11.3 Å². The molecule has 2 aromatic rings. The van der Waals surface area contributed by atoms with Crippen molar-refractivity contribution in [3.8, 4) is 10.6 Å². The molecule has 1 aliphatic rings. The van der Waals surface area contributed by atoms with Crippen LogP contribution < -0.4 is 5.73 Å². The number of carbonyl (C=O) groups is 2. The molecule has 3 rings (SSSR count). The van der Waals surface area contributed by atoms with Gasteiger partial charge >= 0.3 is 0 Å². The van der Waals surface area contributed by atoms with Crippen LogP contribution in [0.25, 0.3) is 10.6 Å². The molecule has 1 saturated heterocycles. The molecule has 0 unspecified atom stereocenters. The number of primary amides is 1. The molecule has 120 valence electrons. The highest BCUT2D eigenvalue weighted by atomic mass is 32.1. The van der Waals surface area contributed by atoms with Crippen molar-refractivity contribution in [2.24, 2.45) is 11.7 Å². The standard InChI is InChI=1S/C16H18N4O2S/c1-10-14(23-9-19-10)13-5-4-11(7-18-13)16(22)20-6-2-3-12(8-20)15(17)21/h4-5,7,9,12H,2-3,6,8H2,1H3,(H2,17,21)/t12-/m1/s1. The molecule has 0 aromatic carbocycles. The van der Waals surface area contributed by atoms with Crippen LogP contribution in [-0.2, 0) is 4.79 Å². The van der Waals surface area contributed by atoms with Gasteiger partial charge in [0.1, 0.15) is 0 Å². The van der Waals surface area contributed by atoms with Crippen molar-refractivity contribution >= 4 is 23.2 Å². The van der Waals surface area contributed by atoms with E-state index >= 15 is 0 Å². The summed E-state index contributed by atoms with van der Waals surface area (Å²) in [7, 11) is 0. The van der Waals surface area contributed by atoms with E-state index in [4.69, 9.17) is 5.73 Å². The summed E-state index contributed by atoms with van der Waals surface area (Å²) in [6.45, 7) is 2.98. The quantitative estimate of drug-likeness (QED) is 0.930. The lowest BCUT2D eigenvalue weighted by Gasteiger charge is -2.31. The zero-order valence-corrected chi connectivity index (χ0v) is 13.7. The fraction of sp³-hybridized carbons (Fsp3) is 0.375. The van der Waals surface area contributed by atoms with Crippen molar-refractivity contribution in [3.63, 3.8) is 0 Å². The number of thiazole rings is 1. The number of hydrogen-bond acceptors (Lipinski definition) is 5. The maximum atomic E-state index is 12.6. The Hall–Kier alpha value is -2.28. The van der Waals surface area contributed by atoms with Crippen LogP contribution in [0.15, 0.2) is 23.8 Å². The summed E-state index contributed by atoms with van der Waals surface area (Å²) in [5.74, 6) is -0.688. The van der Waals surface area contributed by atoms with Gasteiger partial charge in [-0.25, -0.2) is 4.98 Å². The molecule has 6 nitrogen and oxygen atoms in total. The summed E-state index contributed by atoms with van der Waals surface area (Å²) in [5.41, 5.74) is 9.42. The molecule has 7 heteroatoms. The molecule has 2 N–H and O–H groups in total.